The smallest absolute Gasteiger partial charge is 0.338 e. The molecule has 2 aromatic carbocycles. The van der Waals surface area contributed by atoms with Gasteiger partial charge in [-0.05, 0) is 25.1 Å². The Bertz CT molecular complexity index is 1170. The molecule has 3 N–H and O–H groups in total. The number of aromatic amines is 1. The van der Waals surface area contributed by atoms with Crippen LogP contribution in [0.15, 0.2) is 54.6 Å². The standard InChI is InChI=1S/C21H17N3O4/c1-2-28-16-10-6-9-13(18(16)25)15-11-14(21(26)27)17-20(22-15)24-19(23-17)12-7-4-3-5-8-12/h3-11,25H,2H2,1H3,(H,26,27)(H,22,23,24). The summed E-state index contributed by atoms with van der Waals surface area (Å²) in [7, 11) is 0. The summed E-state index contributed by atoms with van der Waals surface area (Å²) in [5.41, 5.74) is 2.11. The lowest BCUT2D eigenvalue weighted by Crippen LogP contribution is -2.00. The molecule has 4 rings (SSSR count). The Morgan fingerprint density at radius 1 is 1.11 bits per heavy atom. The molecule has 0 aliphatic carbocycles. The highest BCUT2D eigenvalue weighted by Crippen LogP contribution is 2.37. The van der Waals surface area contributed by atoms with Gasteiger partial charge < -0.3 is 19.9 Å². The molecule has 0 aliphatic heterocycles. The molecule has 7 nitrogen and oxygen atoms in total. The summed E-state index contributed by atoms with van der Waals surface area (Å²) in [6.07, 6.45) is 0. The number of ether oxygens (including phenoxy) is 1. The van der Waals surface area contributed by atoms with Gasteiger partial charge in [0.05, 0.1) is 23.4 Å². The Labute approximate surface area is 160 Å². The van der Waals surface area contributed by atoms with E-state index in [4.69, 9.17) is 4.74 Å². The van der Waals surface area contributed by atoms with E-state index in [1.54, 1.807) is 18.2 Å². The second-order valence-corrected chi connectivity index (χ2v) is 6.10. The first-order valence-corrected chi connectivity index (χ1v) is 8.73. The van der Waals surface area contributed by atoms with Gasteiger partial charge in [0.15, 0.2) is 17.1 Å². The second kappa shape index (κ2) is 7.03. The van der Waals surface area contributed by atoms with Crippen molar-refractivity contribution in [1.29, 1.82) is 0 Å². The lowest BCUT2D eigenvalue weighted by atomic mass is 10.1. The summed E-state index contributed by atoms with van der Waals surface area (Å²) in [4.78, 5) is 23.8. The number of phenols is 1. The predicted molar refractivity (Wildman–Crippen MR) is 105 cm³/mol. The van der Waals surface area contributed by atoms with Gasteiger partial charge in [-0.2, -0.15) is 0 Å². The number of para-hydroxylation sites is 1. The number of hydrogen-bond acceptors (Lipinski definition) is 5. The van der Waals surface area contributed by atoms with Crippen LogP contribution in [-0.4, -0.2) is 37.7 Å². The highest BCUT2D eigenvalue weighted by atomic mass is 16.5. The fourth-order valence-electron chi connectivity index (χ4n) is 3.03. The van der Waals surface area contributed by atoms with Crippen LogP contribution in [0.3, 0.4) is 0 Å². The summed E-state index contributed by atoms with van der Waals surface area (Å²) >= 11 is 0. The van der Waals surface area contributed by atoms with Crippen molar-refractivity contribution in [2.75, 3.05) is 6.61 Å². The third-order valence-corrected chi connectivity index (χ3v) is 4.31. The first-order valence-electron chi connectivity index (χ1n) is 8.73. The molecule has 0 saturated heterocycles. The summed E-state index contributed by atoms with van der Waals surface area (Å²) < 4.78 is 5.41. The van der Waals surface area contributed by atoms with Crippen LogP contribution in [0.5, 0.6) is 11.5 Å². The van der Waals surface area contributed by atoms with Crippen LogP contribution >= 0.6 is 0 Å². The molecule has 0 unspecified atom stereocenters. The monoisotopic (exact) mass is 375 g/mol. The van der Waals surface area contributed by atoms with Crippen molar-refractivity contribution in [3.05, 3.63) is 60.2 Å². The van der Waals surface area contributed by atoms with Gasteiger partial charge in [0.25, 0.3) is 0 Å². The van der Waals surface area contributed by atoms with Gasteiger partial charge in [-0.25, -0.2) is 14.8 Å². The maximum absolute atomic E-state index is 11.8. The molecule has 7 heteroatoms. The van der Waals surface area contributed by atoms with E-state index >= 15 is 0 Å². The Hall–Kier alpha value is -3.87. The average Bonchev–Trinajstić information content (AvgIpc) is 3.13. The van der Waals surface area contributed by atoms with Crippen LogP contribution in [0.2, 0.25) is 0 Å². The zero-order chi connectivity index (χ0) is 19.7. The number of aromatic carboxylic acids is 1. The number of carboxylic acids is 1. The van der Waals surface area contributed by atoms with E-state index in [1.807, 2.05) is 37.3 Å². The molecule has 2 aromatic heterocycles. The summed E-state index contributed by atoms with van der Waals surface area (Å²) in [5.74, 6) is -0.371. The van der Waals surface area contributed by atoms with E-state index in [2.05, 4.69) is 15.0 Å². The van der Waals surface area contributed by atoms with Crippen molar-refractivity contribution in [3.63, 3.8) is 0 Å². The molecule has 140 valence electrons. The van der Waals surface area contributed by atoms with Gasteiger partial charge in [0.2, 0.25) is 0 Å². The van der Waals surface area contributed by atoms with Crippen LogP contribution in [0.4, 0.5) is 0 Å². The number of imidazole rings is 1. The minimum absolute atomic E-state index is 0.0240. The number of phenolic OH excluding ortho intramolecular Hbond substituents is 1. The number of H-pyrrole nitrogens is 1. The molecular formula is C21H17N3O4. The molecule has 0 atom stereocenters. The maximum atomic E-state index is 11.8. The Kier molecular flexibility index (Phi) is 4.41. The summed E-state index contributed by atoms with van der Waals surface area (Å²) in [6.45, 7) is 2.21. The largest absolute Gasteiger partial charge is 0.504 e. The predicted octanol–water partition coefficient (Wildman–Crippen LogP) is 4.09. The van der Waals surface area contributed by atoms with Crippen molar-refractivity contribution >= 4 is 17.1 Å². The number of carboxylic acid groups (broad SMARTS) is 1. The average molecular weight is 375 g/mol. The van der Waals surface area contributed by atoms with Gasteiger partial charge >= 0.3 is 5.97 Å². The normalized spacial score (nSPS) is 10.9. The van der Waals surface area contributed by atoms with Gasteiger partial charge in [0, 0.05) is 11.1 Å². The lowest BCUT2D eigenvalue weighted by molar-refractivity contribution is 0.0699. The van der Waals surface area contributed by atoms with Gasteiger partial charge in [-0.3, -0.25) is 0 Å². The number of nitrogens with zero attached hydrogens (tertiary/aromatic N) is 2. The quantitative estimate of drug-likeness (QED) is 0.485. The molecule has 0 bridgehead atoms. The number of carbonyl (C=O) groups is 1. The van der Waals surface area contributed by atoms with Gasteiger partial charge in [0.1, 0.15) is 5.82 Å². The number of rotatable bonds is 5. The van der Waals surface area contributed by atoms with Crippen LogP contribution in [0, 0.1) is 0 Å². The van der Waals surface area contributed by atoms with Crippen LogP contribution < -0.4 is 4.74 Å². The van der Waals surface area contributed by atoms with Crippen molar-refractivity contribution in [2.24, 2.45) is 0 Å². The van der Waals surface area contributed by atoms with Crippen molar-refractivity contribution in [2.45, 2.75) is 6.92 Å². The molecule has 0 spiro atoms. The van der Waals surface area contributed by atoms with E-state index in [0.29, 0.717) is 35.0 Å². The van der Waals surface area contributed by atoms with Crippen molar-refractivity contribution in [1.82, 2.24) is 15.0 Å². The van der Waals surface area contributed by atoms with E-state index in [-0.39, 0.29) is 17.0 Å². The molecule has 0 amide bonds. The molecule has 0 fully saturated rings. The molecule has 0 aliphatic rings. The highest BCUT2D eigenvalue weighted by Gasteiger charge is 2.19. The Balaban J connectivity index is 1.92. The summed E-state index contributed by atoms with van der Waals surface area (Å²) in [6, 6.07) is 15.8. The zero-order valence-electron chi connectivity index (χ0n) is 15.0. The SMILES string of the molecule is CCOc1cccc(-c2cc(C(=O)O)c3[nH]c(-c4ccccc4)nc3n2)c1O. The molecule has 0 saturated carbocycles. The number of hydrogen-bond donors (Lipinski definition) is 3. The Morgan fingerprint density at radius 2 is 1.89 bits per heavy atom. The van der Waals surface area contributed by atoms with Crippen LogP contribution in [0.25, 0.3) is 33.8 Å². The third kappa shape index (κ3) is 3.03. The van der Waals surface area contributed by atoms with Crippen molar-refractivity contribution in [3.8, 4) is 34.1 Å². The first-order chi connectivity index (χ1) is 13.6. The van der Waals surface area contributed by atoms with Crippen molar-refractivity contribution < 1.29 is 19.7 Å². The second-order valence-electron chi connectivity index (χ2n) is 6.10. The van der Waals surface area contributed by atoms with E-state index in [1.165, 1.54) is 6.07 Å². The van der Waals surface area contributed by atoms with E-state index in [9.17, 15) is 15.0 Å². The molecule has 2 heterocycles. The number of fused-ring (bicyclic) bond motifs is 1. The number of aromatic hydroxyl groups is 1. The zero-order valence-corrected chi connectivity index (χ0v) is 15.0. The number of pyridine rings is 1. The number of nitrogens with one attached hydrogen (secondary N) is 1. The topological polar surface area (TPSA) is 108 Å². The first kappa shape index (κ1) is 17.5. The van der Waals surface area contributed by atoms with Gasteiger partial charge in [-0.1, -0.05) is 36.4 Å². The third-order valence-electron chi connectivity index (χ3n) is 4.31. The highest BCUT2D eigenvalue weighted by molar-refractivity contribution is 6.02. The molecule has 4 aromatic rings. The van der Waals surface area contributed by atoms with E-state index in [0.717, 1.165) is 5.56 Å². The number of aromatic nitrogens is 3. The molecular weight excluding hydrogens is 358 g/mol. The fourth-order valence-corrected chi connectivity index (χ4v) is 3.03. The van der Waals surface area contributed by atoms with E-state index < -0.39 is 5.97 Å². The van der Waals surface area contributed by atoms with Crippen LogP contribution in [0.1, 0.15) is 17.3 Å². The fraction of sp³-hybridized carbons (Fsp3) is 0.0952. The maximum Gasteiger partial charge on any atom is 0.338 e. The molecule has 28 heavy (non-hydrogen) atoms. The van der Waals surface area contributed by atoms with Gasteiger partial charge in [-0.15, -0.1) is 0 Å². The van der Waals surface area contributed by atoms with Crippen LogP contribution in [-0.2, 0) is 0 Å². The lowest BCUT2D eigenvalue weighted by Gasteiger charge is -2.10. The molecule has 0 radical (unpaired) electrons. The number of benzene rings is 2. The Morgan fingerprint density at radius 3 is 2.61 bits per heavy atom. The minimum atomic E-state index is -1.11. The minimum Gasteiger partial charge on any atom is -0.504 e. The summed E-state index contributed by atoms with van der Waals surface area (Å²) in [5, 5.41) is 20.2.